The molecule has 5 nitrogen and oxygen atoms in total. The van der Waals surface area contributed by atoms with E-state index in [9.17, 15) is 4.79 Å². The number of thioether (sulfide) groups is 1. The van der Waals surface area contributed by atoms with Crippen LogP contribution in [0.3, 0.4) is 0 Å². The van der Waals surface area contributed by atoms with Crippen LogP contribution < -0.4 is 15.4 Å². The third-order valence-corrected chi connectivity index (χ3v) is 6.82. The Morgan fingerprint density at radius 1 is 0.857 bits per heavy atom. The first-order valence-electron chi connectivity index (χ1n) is 11.1. The van der Waals surface area contributed by atoms with Crippen LogP contribution in [-0.4, -0.2) is 28.4 Å². The van der Waals surface area contributed by atoms with Gasteiger partial charge < -0.3 is 15.4 Å². The number of thiocarbonyl (C=S) groups is 1. The molecule has 0 spiro atoms. The number of nitrogens with one attached hydrogen (secondary N) is 2. The van der Waals surface area contributed by atoms with E-state index >= 15 is 0 Å². The highest BCUT2D eigenvalue weighted by molar-refractivity contribution is 8.00. The molecular formula is C28H23N3O2S2. The minimum Gasteiger partial charge on any atom is -0.495 e. The van der Waals surface area contributed by atoms with E-state index in [-0.39, 0.29) is 5.91 Å². The van der Waals surface area contributed by atoms with E-state index in [1.807, 2.05) is 89.5 Å². The Balaban J connectivity index is 1.29. The molecule has 174 valence electrons. The van der Waals surface area contributed by atoms with Crippen LogP contribution in [0.1, 0.15) is 4.79 Å². The molecule has 1 aromatic heterocycles. The van der Waals surface area contributed by atoms with Crippen molar-refractivity contribution in [1.82, 2.24) is 4.57 Å². The molecule has 0 aliphatic carbocycles. The van der Waals surface area contributed by atoms with Crippen molar-refractivity contribution in [3.63, 3.8) is 0 Å². The van der Waals surface area contributed by atoms with Gasteiger partial charge in [-0.15, -0.1) is 11.8 Å². The zero-order chi connectivity index (χ0) is 24.2. The number of benzene rings is 4. The highest BCUT2D eigenvalue weighted by Crippen LogP contribution is 2.30. The number of anilines is 2. The van der Waals surface area contributed by atoms with E-state index in [0.717, 1.165) is 38.1 Å². The zero-order valence-corrected chi connectivity index (χ0v) is 20.7. The standard InChI is InChI=1S/C28H23N3O2S2/c1-33-26-16-7-4-13-23(26)30-28(34)29-19-9-8-10-20(17-19)35-18-27(32)31-24-14-5-2-11-21(24)22-12-3-6-15-25(22)31/h2-17H,18H2,1H3,(H2,29,30,34). The van der Waals surface area contributed by atoms with Crippen molar-refractivity contribution in [2.24, 2.45) is 0 Å². The monoisotopic (exact) mass is 497 g/mol. The number of hydrogen-bond acceptors (Lipinski definition) is 4. The molecule has 5 aromatic rings. The lowest BCUT2D eigenvalue weighted by atomic mass is 10.2. The number of hydrogen-bond donors (Lipinski definition) is 2. The van der Waals surface area contributed by atoms with Crippen molar-refractivity contribution in [2.45, 2.75) is 4.90 Å². The van der Waals surface area contributed by atoms with Crippen LogP contribution in [0.4, 0.5) is 11.4 Å². The summed E-state index contributed by atoms with van der Waals surface area (Å²) in [6.45, 7) is 0. The molecule has 0 saturated carbocycles. The largest absolute Gasteiger partial charge is 0.495 e. The second-order valence-corrected chi connectivity index (χ2v) is 9.32. The first-order chi connectivity index (χ1) is 17.1. The summed E-state index contributed by atoms with van der Waals surface area (Å²) in [5.41, 5.74) is 3.49. The number of fused-ring (bicyclic) bond motifs is 3. The van der Waals surface area contributed by atoms with Crippen LogP contribution in [0.15, 0.2) is 102 Å². The molecule has 0 fully saturated rings. The van der Waals surface area contributed by atoms with Crippen LogP contribution in [0.2, 0.25) is 0 Å². The van der Waals surface area contributed by atoms with Crippen LogP contribution in [-0.2, 0) is 0 Å². The van der Waals surface area contributed by atoms with Gasteiger partial charge in [0.25, 0.3) is 0 Å². The van der Waals surface area contributed by atoms with Gasteiger partial charge in [0.05, 0.1) is 29.6 Å². The molecular weight excluding hydrogens is 474 g/mol. The van der Waals surface area contributed by atoms with Gasteiger partial charge in [-0.05, 0) is 54.7 Å². The van der Waals surface area contributed by atoms with E-state index in [0.29, 0.717) is 16.6 Å². The number of carbonyl (C=O) groups excluding carboxylic acids is 1. The van der Waals surface area contributed by atoms with Gasteiger partial charge in [-0.1, -0.05) is 54.6 Å². The van der Waals surface area contributed by atoms with Gasteiger partial charge in [-0.3, -0.25) is 9.36 Å². The van der Waals surface area contributed by atoms with Crippen LogP contribution in [0.5, 0.6) is 5.75 Å². The minimum atomic E-state index is 0.0409. The average molecular weight is 498 g/mol. The first-order valence-corrected chi connectivity index (χ1v) is 12.5. The quantitative estimate of drug-likeness (QED) is 0.194. The number of carbonyl (C=O) groups is 1. The van der Waals surface area contributed by atoms with Crippen LogP contribution in [0, 0.1) is 0 Å². The molecule has 0 amide bonds. The lowest BCUT2D eigenvalue weighted by Crippen LogP contribution is -2.19. The smallest absolute Gasteiger partial charge is 0.241 e. The molecule has 1 heterocycles. The van der Waals surface area contributed by atoms with Gasteiger partial charge in [-0.25, -0.2) is 0 Å². The highest BCUT2D eigenvalue weighted by Gasteiger charge is 2.15. The average Bonchev–Trinajstić information content (AvgIpc) is 3.22. The summed E-state index contributed by atoms with van der Waals surface area (Å²) in [6.07, 6.45) is 0. The summed E-state index contributed by atoms with van der Waals surface area (Å²) in [4.78, 5) is 14.3. The van der Waals surface area contributed by atoms with Gasteiger partial charge in [0.15, 0.2) is 5.11 Å². The Bertz CT molecular complexity index is 1490. The maximum Gasteiger partial charge on any atom is 0.241 e. The maximum atomic E-state index is 13.3. The lowest BCUT2D eigenvalue weighted by Gasteiger charge is -2.14. The SMILES string of the molecule is COc1ccccc1NC(=S)Nc1cccc(SCC(=O)n2c3ccccc3c3ccccc32)c1. The lowest BCUT2D eigenvalue weighted by molar-refractivity contribution is 0.0951. The van der Waals surface area contributed by atoms with Crippen molar-refractivity contribution in [2.75, 3.05) is 23.5 Å². The summed E-state index contributed by atoms with van der Waals surface area (Å²) < 4.78 is 7.19. The van der Waals surface area contributed by atoms with Crippen molar-refractivity contribution in [1.29, 1.82) is 0 Å². The predicted molar refractivity (Wildman–Crippen MR) is 150 cm³/mol. The summed E-state index contributed by atoms with van der Waals surface area (Å²) in [7, 11) is 1.62. The first kappa shape index (κ1) is 23.0. The number of methoxy groups -OCH3 is 1. The zero-order valence-electron chi connectivity index (χ0n) is 19.0. The second kappa shape index (κ2) is 10.2. The summed E-state index contributed by atoms with van der Waals surface area (Å²) in [6, 6.07) is 31.5. The van der Waals surface area contributed by atoms with Crippen molar-refractivity contribution in [3.05, 3.63) is 97.1 Å². The van der Waals surface area contributed by atoms with E-state index in [1.54, 1.807) is 7.11 Å². The van der Waals surface area contributed by atoms with E-state index < -0.39 is 0 Å². The fourth-order valence-corrected chi connectivity index (χ4v) is 5.13. The van der Waals surface area contributed by atoms with E-state index in [1.165, 1.54) is 11.8 Å². The predicted octanol–water partition coefficient (Wildman–Crippen LogP) is 7.04. The Kier molecular flexibility index (Phi) is 6.70. The Morgan fingerprint density at radius 2 is 1.51 bits per heavy atom. The number of nitrogens with zero attached hydrogens (tertiary/aromatic N) is 1. The molecule has 4 aromatic carbocycles. The Morgan fingerprint density at radius 3 is 2.23 bits per heavy atom. The van der Waals surface area contributed by atoms with Gasteiger partial charge in [0, 0.05) is 21.4 Å². The second-order valence-electron chi connectivity index (χ2n) is 7.86. The number of ether oxygens (including phenoxy) is 1. The third-order valence-electron chi connectivity index (χ3n) is 5.64. The van der Waals surface area contributed by atoms with Crippen molar-refractivity contribution < 1.29 is 9.53 Å². The van der Waals surface area contributed by atoms with Gasteiger partial charge >= 0.3 is 0 Å². The topological polar surface area (TPSA) is 55.3 Å². The van der Waals surface area contributed by atoms with E-state index in [4.69, 9.17) is 17.0 Å². The minimum absolute atomic E-state index is 0.0409. The summed E-state index contributed by atoms with van der Waals surface area (Å²) >= 11 is 6.98. The molecule has 0 aliphatic heterocycles. The molecule has 0 aliphatic rings. The maximum absolute atomic E-state index is 13.3. The molecule has 7 heteroatoms. The number of rotatable bonds is 6. The Hall–Kier alpha value is -3.81. The number of para-hydroxylation sites is 4. The fraction of sp³-hybridized carbons (Fsp3) is 0.0714. The molecule has 35 heavy (non-hydrogen) atoms. The Labute approximate surface area is 213 Å². The summed E-state index contributed by atoms with van der Waals surface area (Å²) in [5, 5.41) is 9.00. The molecule has 0 radical (unpaired) electrons. The third kappa shape index (κ3) is 4.87. The number of aromatic nitrogens is 1. The van der Waals surface area contributed by atoms with Crippen LogP contribution >= 0.6 is 24.0 Å². The molecule has 0 unspecified atom stereocenters. The van der Waals surface area contributed by atoms with Gasteiger partial charge in [-0.2, -0.15) is 0 Å². The van der Waals surface area contributed by atoms with Crippen molar-refractivity contribution in [3.8, 4) is 5.75 Å². The van der Waals surface area contributed by atoms with Gasteiger partial charge in [0.1, 0.15) is 5.75 Å². The normalized spacial score (nSPS) is 10.9. The van der Waals surface area contributed by atoms with Gasteiger partial charge in [0.2, 0.25) is 5.91 Å². The van der Waals surface area contributed by atoms with E-state index in [2.05, 4.69) is 22.8 Å². The molecule has 0 saturated heterocycles. The van der Waals surface area contributed by atoms with Crippen LogP contribution in [0.25, 0.3) is 21.8 Å². The molecule has 2 N–H and O–H groups in total. The molecule has 0 atom stereocenters. The molecule has 0 bridgehead atoms. The molecule has 5 rings (SSSR count). The highest BCUT2D eigenvalue weighted by atomic mass is 32.2. The fourth-order valence-electron chi connectivity index (χ4n) is 4.10. The summed E-state index contributed by atoms with van der Waals surface area (Å²) in [5.74, 6) is 1.07. The van der Waals surface area contributed by atoms with Crippen molar-refractivity contribution >= 4 is 68.2 Å².